The second-order valence-electron chi connectivity index (χ2n) is 12.7. The van der Waals surface area contributed by atoms with Crippen LogP contribution < -0.4 is 0 Å². The minimum atomic E-state index is 0.0681. The summed E-state index contributed by atoms with van der Waals surface area (Å²) in [6.45, 7) is 6.87. The Labute approximate surface area is 258 Å². The van der Waals surface area contributed by atoms with E-state index in [0.29, 0.717) is 0 Å². The molecule has 0 amide bonds. The average molecular weight is 565 g/mol. The van der Waals surface area contributed by atoms with E-state index in [1.165, 1.54) is 54.6 Å². The maximum atomic E-state index is 4.72. The molecule has 2 nitrogen and oxygen atoms in total. The van der Waals surface area contributed by atoms with Crippen LogP contribution in [0.15, 0.2) is 140 Å². The second kappa shape index (κ2) is 10.1. The largest absolute Gasteiger partial charge is 0.256 e. The minimum absolute atomic E-state index is 0.0681. The number of hydrogen-bond donors (Lipinski definition) is 0. The third kappa shape index (κ3) is 4.42. The van der Waals surface area contributed by atoms with Gasteiger partial charge < -0.3 is 0 Å². The molecule has 0 aliphatic carbocycles. The normalized spacial score (nSPS) is 12.0. The fraction of sp³-hybridized carbons (Fsp3) is 0.0952. The Hall–Kier alpha value is -5.34. The van der Waals surface area contributed by atoms with E-state index in [9.17, 15) is 0 Å². The molecule has 2 heterocycles. The van der Waals surface area contributed by atoms with Crippen LogP contribution in [-0.2, 0) is 5.41 Å². The number of nitrogens with zero attached hydrogens (tertiary/aromatic N) is 2. The molecule has 0 aliphatic heterocycles. The molecule has 8 aromatic rings. The third-order valence-corrected chi connectivity index (χ3v) is 8.83. The summed E-state index contributed by atoms with van der Waals surface area (Å²) in [5, 5.41) is 7.77. The van der Waals surface area contributed by atoms with Crippen molar-refractivity contribution in [2.45, 2.75) is 26.2 Å². The molecule has 0 radical (unpaired) electrons. The molecule has 0 unspecified atom stereocenters. The summed E-state index contributed by atoms with van der Waals surface area (Å²) < 4.78 is 0. The van der Waals surface area contributed by atoms with Crippen molar-refractivity contribution in [3.8, 4) is 44.8 Å². The SMILES string of the molecule is CC(C)(C)c1cc2ccc3c(-c4ccccc4)cc(-c4cc(-c5ccccn5)cc(-c5ccccn5)c4)c4ccc(c1)c2c34. The van der Waals surface area contributed by atoms with Crippen LogP contribution in [0.4, 0.5) is 0 Å². The van der Waals surface area contributed by atoms with Gasteiger partial charge >= 0.3 is 0 Å². The van der Waals surface area contributed by atoms with Crippen LogP contribution in [0, 0.1) is 0 Å². The Kier molecular flexibility index (Phi) is 6.06. The Morgan fingerprint density at radius 3 is 1.48 bits per heavy atom. The Morgan fingerprint density at radius 2 is 0.955 bits per heavy atom. The number of hydrogen-bond acceptors (Lipinski definition) is 2. The molecule has 44 heavy (non-hydrogen) atoms. The van der Waals surface area contributed by atoms with Crippen LogP contribution in [0.1, 0.15) is 26.3 Å². The van der Waals surface area contributed by atoms with Crippen LogP contribution in [0.2, 0.25) is 0 Å². The first-order valence-electron chi connectivity index (χ1n) is 15.2. The number of benzene rings is 6. The summed E-state index contributed by atoms with van der Waals surface area (Å²) >= 11 is 0. The van der Waals surface area contributed by atoms with Crippen LogP contribution in [0.25, 0.3) is 77.1 Å². The van der Waals surface area contributed by atoms with Gasteiger partial charge in [0.1, 0.15) is 0 Å². The van der Waals surface area contributed by atoms with E-state index in [-0.39, 0.29) is 5.41 Å². The molecule has 0 aliphatic rings. The number of pyridine rings is 2. The van der Waals surface area contributed by atoms with Gasteiger partial charge in [0, 0.05) is 23.5 Å². The van der Waals surface area contributed by atoms with E-state index in [4.69, 9.17) is 9.97 Å². The van der Waals surface area contributed by atoms with E-state index in [1.54, 1.807) is 0 Å². The van der Waals surface area contributed by atoms with Crippen LogP contribution in [-0.4, -0.2) is 9.97 Å². The fourth-order valence-corrected chi connectivity index (χ4v) is 6.59. The van der Waals surface area contributed by atoms with Crippen molar-refractivity contribution in [3.05, 3.63) is 145 Å². The fourth-order valence-electron chi connectivity index (χ4n) is 6.59. The van der Waals surface area contributed by atoms with Crippen molar-refractivity contribution >= 4 is 32.3 Å². The topological polar surface area (TPSA) is 25.8 Å². The van der Waals surface area contributed by atoms with Crippen LogP contribution >= 0.6 is 0 Å². The highest BCUT2D eigenvalue weighted by Crippen LogP contribution is 2.46. The monoisotopic (exact) mass is 564 g/mol. The molecule has 2 heteroatoms. The van der Waals surface area contributed by atoms with Gasteiger partial charge in [0.05, 0.1) is 11.4 Å². The highest BCUT2D eigenvalue weighted by molar-refractivity contribution is 6.28. The van der Waals surface area contributed by atoms with Crippen molar-refractivity contribution in [3.63, 3.8) is 0 Å². The molecule has 0 saturated heterocycles. The van der Waals surface area contributed by atoms with Gasteiger partial charge in [0.25, 0.3) is 0 Å². The summed E-state index contributed by atoms with van der Waals surface area (Å²) in [7, 11) is 0. The van der Waals surface area contributed by atoms with Crippen LogP contribution in [0.5, 0.6) is 0 Å². The maximum Gasteiger partial charge on any atom is 0.0702 e. The van der Waals surface area contributed by atoms with Gasteiger partial charge in [-0.15, -0.1) is 0 Å². The lowest BCUT2D eigenvalue weighted by Crippen LogP contribution is -2.10. The minimum Gasteiger partial charge on any atom is -0.256 e. The Balaban J connectivity index is 1.49. The van der Waals surface area contributed by atoms with E-state index < -0.39 is 0 Å². The van der Waals surface area contributed by atoms with E-state index >= 15 is 0 Å². The van der Waals surface area contributed by atoms with E-state index in [2.05, 4.69) is 124 Å². The molecule has 0 atom stereocenters. The van der Waals surface area contributed by atoms with E-state index in [1.807, 2.05) is 36.7 Å². The average Bonchev–Trinajstić information content (AvgIpc) is 3.07. The molecule has 0 N–H and O–H groups in total. The zero-order valence-corrected chi connectivity index (χ0v) is 25.2. The van der Waals surface area contributed by atoms with Gasteiger partial charge in [-0.3, -0.25) is 9.97 Å². The van der Waals surface area contributed by atoms with Gasteiger partial charge in [0.15, 0.2) is 0 Å². The first-order valence-corrected chi connectivity index (χ1v) is 15.2. The van der Waals surface area contributed by atoms with E-state index in [0.717, 1.165) is 28.1 Å². The first kappa shape index (κ1) is 26.3. The van der Waals surface area contributed by atoms with Gasteiger partial charge in [-0.05, 0) is 114 Å². The molecule has 210 valence electrons. The smallest absolute Gasteiger partial charge is 0.0702 e. The van der Waals surface area contributed by atoms with Gasteiger partial charge in [-0.25, -0.2) is 0 Å². The summed E-state index contributed by atoms with van der Waals surface area (Å²) in [6, 6.07) is 46.2. The Bertz CT molecular complexity index is 2200. The van der Waals surface area contributed by atoms with Crippen molar-refractivity contribution in [2.24, 2.45) is 0 Å². The lowest BCUT2D eigenvalue weighted by Gasteiger charge is -2.23. The number of aromatic nitrogens is 2. The molecular weight excluding hydrogens is 532 g/mol. The second-order valence-corrected chi connectivity index (χ2v) is 12.7. The summed E-state index contributed by atoms with van der Waals surface area (Å²) in [5.74, 6) is 0. The lowest BCUT2D eigenvalue weighted by molar-refractivity contribution is 0.591. The summed E-state index contributed by atoms with van der Waals surface area (Å²) in [5.41, 5.74) is 10.3. The van der Waals surface area contributed by atoms with Gasteiger partial charge in [-0.1, -0.05) is 99.6 Å². The highest BCUT2D eigenvalue weighted by Gasteiger charge is 2.21. The molecular formula is C42H32N2. The van der Waals surface area contributed by atoms with Crippen molar-refractivity contribution < 1.29 is 0 Å². The molecule has 0 fully saturated rings. The van der Waals surface area contributed by atoms with Crippen molar-refractivity contribution in [1.29, 1.82) is 0 Å². The zero-order chi connectivity index (χ0) is 29.8. The standard InChI is InChI=1S/C42H32N2/c1-42(2,3)33-24-28-15-17-34-36(27-11-5-4-6-12-27)26-37(35-18-16-29(25-33)40(28)41(34)35)30-21-31(38-13-7-9-19-43-38)23-32(22-30)39-14-8-10-20-44-39/h4-26H,1-3H3. The third-order valence-electron chi connectivity index (χ3n) is 8.83. The zero-order valence-electron chi connectivity index (χ0n) is 25.2. The molecule has 0 spiro atoms. The van der Waals surface area contributed by atoms with Gasteiger partial charge in [-0.2, -0.15) is 0 Å². The quantitative estimate of drug-likeness (QED) is 0.199. The molecule has 8 rings (SSSR count). The summed E-state index contributed by atoms with van der Waals surface area (Å²) in [4.78, 5) is 9.44. The molecule has 0 saturated carbocycles. The van der Waals surface area contributed by atoms with Crippen molar-refractivity contribution in [1.82, 2.24) is 9.97 Å². The maximum absolute atomic E-state index is 4.72. The predicted octanol–water partition coefficient (Wildman–Crippen LogP) is 11.3. The Morgan fingerprint density at radius 1 is 0.432 bits per heavy atom. The number of rotatable bonds is 4. The van der Waals surface area contributed by atoms with Crippen molar-refractivity contribution in [2.75, 3.05) is 0 Å². The molecule has 2 aromatic heterocycles. The summed E-state index contributed by atoms with van der Waals surface area (Å²) in [6.07, 6.45) is 3.72. The first-order chi connectivity index (χ1) is 21.4. The lowest BCUT2D eigenvalue weighted by atomic mass is 9.81. The molecule has 6 aromatic carbocycles. The predicted molar refractivity (Wildman–Crippen MR) is 186 cm³/mol. The van der Waals surface area contributed by atoms with Gasteiger partial charge in [0.2, 0.25) is 0 Å². The highest BCUT2D eigenvalue weighted by atomic mass is 14.7. The van der Waals surface area contributed by atoms with Crippen LogP contribution in [0.3, 0.4) is 0 Å². The molecule has 0 bridgehead atoms.